The van der Waals surface area contributed by atoms with Crippen molar-refractivity contribution in [1.29, 1.82) is 0 Å². The molecule has 2 atom stereocenters. The second kappa shape index (κ2) is 12.8. The average molecular weight is 610 g/mol. The Bertz CT molecular complexity index is 1350. The van der Waals surface area contributed by atoms with Gasteiger partial charge in [0.1, 0.15) is 11.6 Å². The number of hydrogen-bond donors (Lipinski definition) is 3. The van der Waals surface area contributed by atoms with E-state index in [-0.39, 0.29) is 42.9 Å². The van der Waals surface area contributed by atoms with Crippen LogP contribution in [0.4, 0.5) is 9.59 Å². The number of carbonyl (C=O) groups is 4. The summed E-state index contributed by atoms with van der Waals surface area (Å²) in [5.41, 5.74) is 2.59. The van der Waals surface area contributed by atoms with Crippen LogP contribution in [-0.2, 0) is 20.7 Å². The van der Waals surface area contributed by atoms with E-state index in [1.165, 1.54) is 10.5 Å². The molecule has 2 unspecified atom stereocenters. The first-order chi connectivity index (χ1) is 20.5. The van der Waals surface area contributed by atoms with Crippen molar-refractivity contribution in [2.24, 2.45) is 5.92 Å². The lowest BCUT2D eigenvalue weighted by atomic mass is 9.84. The zero-order valence-electron chi connectivity index (χ0n) is 24.9. The van der Waals surface area contributed by atoms with Gasteiger partial charge in [-0.25, -0.2) is 9.59 Å². The maximum Gasteiger partial charge on any atom is 0.410 e. The van der Waals surface area contributed by atoms with E-state index in [4.69, 9.17) is 16.3 Å². The van der Waals surface area contributed by atoms with Gasteiger partial charge in [0.15, 0.2) is 0 Å². The molecule has 10 nitrogen and oxygen atoms in total. The number of benzene rings is 2. The zero-order valence-corrected chi connectivity index (χ0v) is 25.7. The molecule has 2 aromatic carbocycles. The number of likely N-dealkylation sites (tertiary alicyclic amines) is 2. The van der Waals surface area contributed by atoms with E-state index < -0.39 is 23.7 Å². The van der Waals surface area contributed by atoms with Crippen LogP contribution in [0.2, 0.25) is 5.02 Å². The van der Waals surface area contributed by atoms with Crippen LogP contribution < -0.4 is 16.0 Å². The van der Waals surface area contributed by atoms with Crippen LogP contribution in [-0.4, -0.2) is 78.1 Å². The number of amides is 5. The monoisotopic (exact) mass is 609 g/mol. The standard InChI is InChI=1S/C32H40ClN5O5/c1-32(2,3)43-31(42)38-18-22(19-38)28(39)35-26(16-20-8-10-23(33)11-9-20)29(40)37-14-12-21(13-15-37)24-6-4-5-7-25(24)27-17-34-30(41)36-27/h4-11,21-22,26-27H,12-19H2,1-3H3,(H,35,39)(H2,34,36,41). The van der Waals surface area contributed by atoms with Crippen LogP contribution in [0.15, 0.2) is 48.5 Å². The number of ether oxygens (including phenoxy) is 1. The highest BCUT2D eigenvalue weighted by atomic mass is 35.5. The number of hydrogen-bond acceptors (Lipinski definition) is 5. The highest BCUT2D eigenvalue weighted by Crippen LogP contribution is 2.34. The smallest absolute Gasteiger partial charge is 0.410 e. The molecular weight excluding hydrogens is 570 g/mol. The highest BCUT2D eigenvalue weighted by molar-refractivity contribution is 6.30. The summed E-state index contributed by atoms with van der Waals surface area (Å²) in [6.07, 6.45) is 1.46. The molecule has 5 rings (SSSR count). The molecular formula is C32H40ClN5O5. The van der Waals surface area contributed by atoms with E-state index in [1.807, 2.05) is 29.2 Å². The molecule has 0 radical (unpaired) electrons. The Kier molecular flexibility index (Phi) is 9.15. The van der Waals surface area contributed by atoms with E-state index in [0.29, 0.717) is 31.1 Å². The van der Waals surface area contributed by atoms with Crippen molar-refractivity contribution in [2.45, 2.75) is 63.6 Å². The first-order valence-corrected chi connectivity index (χ1v) is 15.3. The summed E-state index contributed by atoms with van der Waals surface area (Å²) in [4.78, 5) is 54.5. The summed E-state index contributed by atoms with van der Waals surface area (Å²) < 4.78 is 5.40. The SMILES string of the molecule is CC(C)(C)OC(=O)N1CC(C(=O)NC(Cc2ccc(Cl)cc2)C(=O)N2CCC(c3ccccc3C3CNC(=O)N3)CC2)C1. The third-order valence-corrected chi connectivity index (χ3v) is 8.51. The largest absolute Gasteiger partial charge is 0.444 e. The second-order valence-electron chi connectivity index (χ2n) is 12.6. The van der Waals surface area contributed by atoms with E-state index in [9.17, 15) is 19.2 Å². The number of rotatable bonds is 7. The van der Waals surface area contributed by atoms with Gasteiger partial charge >= 0.3 is 12.1 Å². The highest BCUT2D eigenvalue weighted by Gasteiger charge is 2.40. The van der Waals surface area contributed by atoms with Gasteiger partial charge in [0.05, 0.1) is 12.0 Å². The minimum absolute atomic E-state index is 0.0694. The van der Waals surface area contributed by atoms with Crippen LogP contribution in [0.1, 0.15) is 62.3 Å². The van der Waals surface area contributed by atoms with Gasteiger partial charge in [-0.15, -0.1) is 0 Å². The average Bonchev–Trinajstić information content (AvgIpc) is 3.38. The third kappa shape index (κ3) is 7.60. The summed E-state index contributed by atoms with van der Waals surface area (Å²) in [5, 5.41) is 9.41. The molecule has 0 saturated carbocycles. The second-order valence-corrected chi connectivity index (χ2v) is 13.0. The summed E-state index contributed by atoms with van der Waals surface area (Å²) in [6.45, 7) is 7.60. The van der Waals surface area contributed by atoms with Crippen molar-refractivity contribution in [3.05, 3.63) is 70.2 Å². The Morgan fingerprint density at radius 2 is 1.65 bits per heavy atom. The van der Waals surface area contributed by atoms with Crippen molar-refractivity contribution in [3.8, 4) is 0 Å². The topological polar surface area (TPSA) is 120 Å². The Morgan fingerprint density at radius 3 is 2.26 bits per heavy atom. The van der Waals surface area contributed by atoms with E-state index in [2.05, 4.69) is 28.1 Å². The van der Waals surface area contributed by atoms with Gasteiger partial charge in [0.2, 0.25) is 11.8 Å². The molecule has 0 spiro atoms. The summed E-state index contributed by atoms with van der Waals surface area (Å²) in [7, 11) is 0. The quantitative estimate of drug-likeness (QED) is 0.438. The summed E-state index contributed by atoms with van der Waals surface area (Å²) in [5.74, 6) is -0.509. The number of nitrogens with zero attached hydrogens (tertiary/aromatic N) is 2. The normalized spacial score (nSPS) is 20.1. The zero-order chi connectivity index (χ0) is 30.7. The molecule has 5 amide bonds. The Hall–Kier alpha value is -3.79. The van der Waals surface area contributed by atoms with Gasteiger partial charge in [-0.1, -0.05) is 48.0 Å². The van der Waals surface area contributed by atoms with E-state index in [0.717, 1.165) is 24.0 Å². The number of piperidine rings is 1. The molecule has 3 aliphatic rings. The maximum absolute atomic E-state index is 13.9. The van der Waals surface area contributed by atoms with Crippen LogP contribution in [0, 0.1) is 5.92 Å². The van der Waals surface area contributed by atoms with Crippen LogP contribution in [0.25, 0.3) is 0 Å². The summed E-state index contributed by atoms with van der Waals surface area (Å²) in [6, 6.07) is 14.5. The van der Waals surface area contributed by atoms with Crippen molar-refractivity contribution in [2.75, 3.05) is 32.7 Å². The van der Waals surface area contributed by atoms with Gasteiger partial charge < -0.3 is 30.5 Å². The predicted molar refractivity (Wildman–Crippen MR) is 163 cm³/mol. The molecule has 3 fully saturated rings. The van der Waals surface area contributed by atoms with Crippen molar-refractivity contribution in [3.63, 3.8) is 0 Å². The van der Waals surface area contributed by atoms with Gasteiger partial charge in [0, 0.05) is 44.2 Å². The Morgan fingerprint density at radius 1 is 1.00 bits per heavy atom. The number of carbonyl (C=O) groups excluding carboxylic acids is 4. The Balaban J connectivity index is 1.22. The third-order valence-electron chi connectivity index (χ3n) is 8.26. The molecule has 3 N–H and O–H groups in total. The minimum atomic E-state index is -0.743. The van der Waals surface area contributed by atoms with E-state index >= 15 is 0 Å². The van der Waals surface area contributed by atoms with Crippen molar-refractivity contribution >= 4 is 35.5 Å². The molecule has 11 heteroatoms. The van der Waals surface area contributed by atoms with Crippen molar-refractivity contribution in [1.82, 2.24) is 25.8 Å². The molecule has 3 saturated heterocycles. The molecule has 3 heterocycles. The first-order valence-electron chi connectivity index (χ1n) is 14.9. The molecule has 0 aromatic heterocycles. The van der Waals surface area contributed by atoms with Crippen LogP contribution in [0.3, 0.4) is 0 Å². The fraction of sp³-hybridized carbons (Fsp3) is 0.500. The van der Waals surface area contributed by atoms with Gasteiger partial charge in [-0.3, -0.25) is 9.59 Å². The number of urea groups is 1. The fourth-order valence-electron chi connectivity index (χ4n) is 5.94. The molecule has 43 heavy (non-hydrogen) atoms. The van der Waals surface area contributed by atoms with Crippen LogP contribution in [0.5, 0.6) is 0 Å². The van der Waals surface area contributed by atoms with Crippen molar-refractivity contribution < 1.29 is 23.9 Å². The predicted octanol–water partition coefficient (Wildman–Crippen LogP) is 3.99. The first kappa shape index (κ1) is 30.7. The number of halogens is 1. The lowest BCUT2D eigenvalue weighted by molar-refractivity contribution is -0.139. The molecule has 0 bridgehead atoms. The molecule has 230 valence electrons. The molecule has 2 aromatic rings. The number of nitrogens with one attached hydrogen (secondary N) is 3. The minimum Gasteiger partial charge on any atom is -0.444 e. The van der Waals surface area contributed by atoms with E-state index in [1.54, 1.807) is 32.9 Å². The lowest BCUT2D eigenvalue weighted by Gasteiger charge is -2.40. The summed E-state index contributed by atoms with van der Waals surface area (Å²) >= 11 is 6.08. The van der Waals surface area contributed by atoms with Gasteiger partial charge in [-0.05, 0) is 68.4 Å². The van der Waals surface area contributed by atoms with Gasteiger partial charge in [0.25, 0.3) is 0 Å². The maximum atomic E-state index is 13.9. The Labute approximate surface area is 257 Å². The lowest BCUT2D eigenvalue weighted by Crippen LogP contribution is -2.59. The fourth-order valence-corrected chi connectivity index (χ4v) is 6.07. The molecule has 3 aliphatic heterocycles. The molecule has 0 aliphatic carbocycles. The van der Waals surface area contributed by atoms with Gasteiger partial charge in [-0.2, -0.15) is 0 Å². The van der Waals surface area contributed by atoms with Crippen LogP contribution >= 0.6 is 11.6 Å².